The zero-order chi connectivity index (χ0) is 9.35. The summed E-state index contributed by atoms with van der Waals surface area (Å²) in [5, 5.41) is 15.5. The molecule has 1 atom stereocenters. The Morgan fingerprint density at radius 3 is 2.50 bits per heavy atom. The summed E-state index contributed by atoms with van der Waals surface area (Å²) in [6.45, 7) is 1.56. The molecule has 0 bridgehead atoms. The number of nitrogens with two attached hydrogens (primary N) is 1. The van der Waals surface area contributed by atoms with Crippen LogP contribution < -0.4 is 5.14 Å². The molecule has 0 aliphatic rings. The lowest BCUT2D eigenvalue weighted by molar-refractivity contribution is 0.199. The van der Waals surface area contributed by atoms with Crippen molar-refractivity contribution in [2.24, 2.45) is 5.14 Å². The molecule has 0 spiro atoms. The summed E-state index contributed by atoms with van der Waals surface area (Å²) in [6, 6.07) is 1.38. The van der Waals surface area contributed by atoms with Gasteiger partial charge in [0, 0.05) is 0 Å². The maximum Gasteiger partial charge on any atom is 0.247 e. The molecule has 0 aliphatic carbocycles. The van der Waals surface area contributed by atoms with E-state index in [2.05, 4.69) is 0 Å². The minimum absolute atomic E-state index is 0.0819. The van der Waals surface area contributed by atoms with Crippen LogP contribution in [0.5, 0.6) is 0 Å². The van der Waals surface area contributed by atoms with Crippen LogP contribution in [0.3, 0.4) is 0 Å². The molecule has 0 saturated carbocycles. The summed E-state index contributed by atoms with van der Waals surface area (Å²) in [5.41, 5.74) is 0.573. The van der Waals surface area contributed by atoms with Gasteiger partial charge in [0.15, 0.2) is 0 Å². The quantitative estimate of drug-likeness (QED) is 0.738. The molecule has 1 unspecified atom stereocenters. The van der Waals surface area contributed by atoms with Gasteiger partial charge < -0.3 is 5.11 Å². The minimum atomic E-state index is -3.61. The van der Waals surface area contributed by atoms with Crippen molar-refractivity contribution in [2.75, 3.05) is 0 Å². The van der Waals surface area contributed by atoms with Crippen molar-refractivity contribution in [2.45, 2.75) is 17.2 Å². The predicted octanol–water partition coefficient (Wildman–Crippen LogP) is 0.449. The highest BCUT2D eigenvalue weighted by Gasteiger charge is 2.12. The first-order valence-electron chi connectivity index (χ1n) is 3.20. The lowest BCUT2D eigenvalue weighted by Gasteiger charge is -1.96. The monoisotopic (exact) mass is 207 g/mol. The van der Waals surface area contributed by atoms with E-state index in [4.69, 9.17) is 10.2 Å². The van der Waals surface area contributed by atoms with Crippen LogP contribution in [-0.4, -0.2) is 13.5 Å². The SMILES string of the molecule is CC(O)c1csc(S(N)(=O)=O)c1. The van der Waals surface area contributed by atoms with Crippen LogP contribution >= 0.6 is 11.3 Å². The fourth-order valence-corrected chi connectivity index (χ4v) is 2.40. The normalized spacial score (nSPS) is 14.6. The Kier molecular flexibility index (Phi) is 2.52. The Hall–Kier alpha value is -0.430. The van der Waals surface area contributed by atoms with E-state index < -0.39 is 16.1 Å². The second-order valence-corrected chi connectivity index (χ2v) is 5.12. The third kappa shape index (κ3) is 2.04. The molecule has 1 aromatic heterocycles. The summed E-state index contributed by atoms with van der Waals surface area (Å²) in [7, 11) is -3.61. The number of hydrogen-bond donors (Lipinski definition) is 2. The predicted molar refractivity (Wildman–Crippen MR) is 46.3 cm³/mol. The Balaban J connectivity index is 3.09. The molecule has 6 heteroatoms. The van der Waals surface area contributed by atoms with Crippen molar-refractivity contribution in [3.63, 3.8) is 0 Å². The minimum Gasteiger partial charge on any atom is -0.389 e. The number of aliphatic hydroxyl groups is 1. The van der Waals surface area contributed by atoms with E-state index in [9.17, 15) is 8.42 Å². The van der Waals surface area contributed by atoms with Gasteiger partial charge in [-0.1, -0.05) is 0 Å². The topological polar surface area (TPSA) is 80.4 Å². The van der Waals surface area contributed by atoms with E-state index in [1.807, 2.05) is 0 Å². The Morgan fingerprint density at radius 2 is 2.25 bits per heavy atom. The van der Waals surface area contributed by atoms with Crippen molar-refractivity contribution in [3.05, 3.63) is 17.0 Å². The van der Waals surface area contributed by atoms with Crippen LogP contribution in [0.2, 0.25) is 0 Å². The summed E-state index contributed by atoms with van der Waals surface area (Å²) in [5.74, 6) is 0. The number of thiophene rings is 1. The molecule has 0 fully saturated rings. The highest BCUT2D eigenvalue weighted by molar-refractivity contribution is 7.91. The van der Waals surface area contributed by atoms with Crippen LogP contribution in [-0.2, 0) is 10.0 Å². The van der Waals surface area contributed by atoms with Gasteiger partial charge in [-0.25, -0.2) is 13.6 Å². The number of rotatable bonds is 2. The van der Waals surface area contributed by atoms with Crippen molar-refractivity contribution >= 4 is 21.4 Å². The molecule has 12 heavy (non-hydrogen) atoms. The number of aliphatic hydroxyl groups excluding tert-OH is 1. The summed E-state index contributed by atoms with van der Waals surface area (Å²) in [6.07, 6.45) is -0.656. The maximum absolute atomic E-state index is 10.8. The second-order valence-electron chi connectivity index (χ2n) is 2.42. The lowest BCUT2D eigenvalue weighted by Crippen LogP contribution is -2.10. The zero-order valence-electron chi connectivity index (χ0n) is 6.39. The van der Waals surface area contributed by atoms with E-state index in [1.54, 1.807) is 12.3 Å². The zero-order valence-corrected chi connectivity index (χ0v) is 8.02. The van der Waals surface area contributed by atoms with Crippen molar-refractivity contribution in [1.29, 1.82) is 0 Å². The van der Waals surface area contributed by atoms with Gasteiger partial charge in [-0.05, 0) is 23.9 Å². The molecule has 1 rings (SSSR count). The van der Waals surface area contributed by atoms with Crippen LogP contribution in [0.15, 0.2) is 15.7 Å². The molecule has 0 aromatic carbocycles. The third-order valence-electron chi connectivity index (χ3n) is 1.36. The number of hydrogen-bond acceptors (Lipinski definition) is 4. The van der Waals surface area contributed by atoms with E-state index >= 15 is 0 Å². The van der Waals surface area contributed by atoms with Crippen molar-refractivity contribution in [1.82, 2.24) is 0 Å². The summed E-state index contributed by atoms with van der Waals surface area (Å²) < 4.78 is 21.6. The van der Waals surface area contributed by atoms with E-state index in [1.165, 1.54) is 6.07 Å². The summed E-state index contributed by atoms with van der Waals surface area (Å²) in [4.78, 5) is 0. The molecule has 3 N–H and O–H groups in total. The number of primary sulfonamides is 1. The van der Waals surface area contributed by atoms with Gasteiger partial charge in [-0.15, -0.1) is 11.3 Å². The van der Waals surface area contributed by atoms with E-state index in [0.29, 0.717) is 5.56 Å². The molecule has 4 nitrogen and oxygen atoms in total. The largest absolute Gasteiger partial charge is 0.389 e. The molecule has 1 heterocycles. The molecule has 1 aromatic rings. The van der Waals surface area contributed by atoms with Crippen LogP contribution in [0.1, 0.15) is 18.6 Å². The second kappa shape index (κ2) is 3.14. The van der Waals surface area contributed by atoms with E-state index in [0.717, 1.165) is 11.3 Å². The standard InChI is InChI=1S/C6H9NO3S2/c1-4(8)5-2-6(11-3-5)12(7,9)10/h2-4,8H,1H3,(H2,7,9,10). The first kappa shape index (κ1) is 9.66. The van der Waals surface area contributed by atoms with Gasteiger partial charge in [0.05, 0.1) is 6.10 Å². The molecule has 0 aliphatic heterocycles. The van der Waals surface area contributed by atoms with Crippen molar-refractivity contribution in [3.8, 4) is 0 Å². The smallest absolute Gasteiger partial charge is 0.247 e. The summed E-state index contributed by atoms with van der Waals surface area (Å²) >= 11 is 1.01. The maximum atomic E-state index is 10.8. The van der Waals surface area contributed by atoms with Gasteiger partial charge in [0.1, 0.15) is 4.21 Å². The van der Waals surface area contributed by atoms with Crippen LogP contribution in [0.4, 0.5) is 0 Å². The van der Waals surface area contributed by atoms with Crippen molar-refractivity contribution < 1.29 is 13.5 Å². The highest BCUT2D eigenvalue weighted by Crippen LogP contribution is 2.23. The molecule has 0 saturated heterocycles. The first-order chi connectivity index (χ1) is 5.41. The lowest BCUT2D eigenvalue weighted by atomic mass is 10.2. The molecular formula is C6H9NO3S2. The van der Waals surface area contributed by atoms with Gasteiger partial charge in [-0.3, -0.25) is 0 Å². The van der Waals surface area contributed by atoms with Gasteiger partial charge in [-0.2, -0.15) is 0 Å². The average Bonchev–Trinajstić information content (AvgIpc) is 2.30. The fraction of sp³-hybridized carbons (Fsp3) is 0.333. The van der Waals surface area contributed by atoms with Crippen LogP contribution in [0.25, 0.3) is 0 Å². The molecular weight excluding hydrogens is 198 g/mol. The molecule has 68 valence electrons. The van der Waals surface area contributed by atoms with Gasteiger partial charge >= 0.3 is 0 Å². The van der Waals surface area contributed by atoms with Gasteiger partial charge in [0.2, 0.25) is 10.0 Å². The molecule has 0 amide bonds. The Morgan fingerprint density at radius 1 is 1.67 bits per heavy atom. The van der Waals surface area contributed by atoms with Crippen LogP contribution in [0, 0.1) is 0 Å². The Labute approximate surface area is 74.7 Å². The first-order valence-corrected chi connectivity index (χ1v) is 5.63. The Bertz CT molecular complexity index is 366. The average molecular weight is 207 g/mol. The molecule has 0 radical (unpaired) electrons. The highest BCUT2D eigenvalue weighted by atomic mass is 32.2. The van der Waals surface area contributed by atoms with Gasteiger partial charge in [0.25, 0.3) is 0 Å². The van der Waals surface area contributed by atoms with E-state index in [-0.39, 0.29) is 4.21 Å². The fourth-order valence-electron chi connectivity index (χ4n) is 0.699. The number of sulfonamides is 1. The third-order valence-corrected chi connectivity index (χ3v) is 3.76.